The van der Waals surface area contributed by atoms with Crippen LogP contribution in [0, 0.1) is 17.6 Å². The van der Waals surface area contributed by atoms with Crippen LogP contribution in [-0.4, -0.2) is 13.2 Å². The first-order chi connectivity index (χ1) is 7.70. The minimum atomic E-state index is -0.431. The highest BCUT2D eigenvalue weighted by Gasteiger charge is 2.26. The zero-order valence-corrected chi connectivity index (χ0v) is 9.38. The molecule has 1 unspecified atom stereocenters. The van der Waals surface area contributed by atoms with E-state index < -0.39 is 11.6 Å². The maximum atomic E-state index is 13.6. The maximum absolute atomic E-state index is 13.6. The van der Waals surface area contributed by atoms with E-state index in [4.69, 9.17) is 4.74 Å². The van der Waals surface area contributed by atoms with Crippen molar-refractivity contribution in [3.05, 3.63) is 35.4 Å². The molecule has 88 valence electrons. The minimum Gasteiger partial charge on any atom is -0.381 e. The van der Waals surface area contributed by atoms with E-state index in [9.17, 15) is 8.78 Å². The first-order valence-corrected chi connectivity index (χ1v) is 5.72. The van der Waals surface area contributed by atoms with Crippen molar-refractivity contribution in [3.8, 4) is 0 Å². The Morgan fingerprint density at radius 2 is 1.75 bits per heavy atom. The zero-order chi connectivity index (χ0) is 11.5. The number of hydrogen-bond donors (Lipinski definition) is 0. The molecule has 1 heterocycles. The van der Waals surface area contributed by atoms with Crippen LogP contribution in [0.2, 0.25) is 0 Å². The van der Waals surface area contributed by atoms with Gasteiger partial charge in [0.1, 0.15) is 11.6 Å². The second kappa shape index (κ2) is 4.91. The van der Waals surface area contributed by atoms with E-state index in [0.29, 0.717) is 19.1 Å². The molecule has 0 amide bonds. The first-order valence-electron chi connectivity index (χ1n) is 5.72. The topological polar surface area (TPSA) is 9.23 Å². The third-order valence-electron chi connectivity index (χ3n) is 3.43. The van der Waals surface area contributed by atoms with Gasteiger partial charge in [0.15, 0.2) is 0 Å². The van der Waals surface area contributed by atoms with Crippen LogP contribution in [0.4, 0.5) is 8.78 Å². The lowest BCUT2D eigenvalue weighted by atomic mass is 9.82. The van der Waals surface area contributed by atoms with Gasteiger partial charge in [0.05, 0.1) is 0 Å². The SMILES string of the molecule is CC(c1c(F)cccc1F)C1CCOCC1. The van der Waals surface area contributed by atoms with E-state index in [1.54, 1.807) is 0 Å². The summed E-state index contributed by atoms with van der Waals surface area (Å²) in [5.74, 6) is -0.622. The lowest BCUT2D eigenvalue weighted by Crippen LogP contribution is -2.21. The Bertz CT molecular complexity index is 339. The summed E-state index contributed by atoms with van der Waals surface area (Å²) in [4.78, 5) is 0. The van der Waals surface area contributed by atoms with Gasteiger partial charge in [-0.15, -0.1) is 0 Å². The Morgan fingerprint density at radius 1 is 1.19 bits per heavy atom. The molecular weight excluding hydrogens is 210 g/mol. The average Bonchev–Trinajstić information content (AvgIpc) is 2.30. The van der Waals surface area contributed by atoms with Crippen LogP contribution in [0.15, 0.2) is 18.2 Å². The molecule has 1 fully saturated rings. The number of ether oxygens (including phenoxy) is 1. The quantitative estimate of drug-likeness (QED) is 0.750. The van der Waals surface area contributed by atoms with Crippen LogP contribution in [0.1, 0.15) is 31.2 Å². The highest BCUT2D eigenvalue weighted by Crippen LogP contribution is 2.34. The average molecular weight is 226 g/mol. The molecule has 1 aliphatic heterocycles. The zero-order valence-electron chi connectivity index (χ0n) is 9.38. The summed E-state index contributed by atoms with van der Waals surface area (Å²) < 4.78 is 32.4. The smallest absolute Gasteiger partial charge is 0.129 e. The second-order valence-electron chi connectivity index (χ2n) is 4.37. The predicted octanol–water partition coefficient (Wildman–Crippen LogP) is 3.49. The van der Waals surface area contributed by atoms with Crippen molar-refractivity contribution in [2.75, 3.05) is 13.2 Å². The molecular formula is C13H16F2O. The van der Waals surface area contributed by atoms with Crippen molar-refractivity contribution in [3.63, 3.8) is 0 Å². The summed E-state index contributed by atoms with van der Waals surface area (Å²) in [5, 5.41) is 0. The molecule has 0 aromatic heterocycles. The molecule has 0 spiro atoms. The van der Waals surface area contributed by atoms with E-state index in [1.807, 2.05) is 6.92 Å². The van der Waals surface area contributed by atoms with Gasteiger partial charge in [0.2, 0.25) is 0 Å². The molecule has 0 N–H and O–H groups in total. The number of benzene rings is 1. The van der Waals surface area contributed by atoms with Crippen molar-refractivity contribution in [2.45, 2.75) is 25.7 Å². The summed E-state index contributed by atoms with van der Waals surface area (Å²) in [6, 6.07) is 4.06. The lowest BCUT2D eigenvalue weighted by molar-refractivity contribution is 0.0589. The van der Waals surface area contributed by atoms with E-state index in [2.05, 4.69) is 0 Å². The Morgan fingerprint density at radius 3 is 2.31 bits per heavy atom. The van der Waals surface area contributed by atoms with Crippen LogP contribution in [0.5, 0.6) is 0 Å². The molecule has 3 heteroatoms. The molecule has 0 aliphatic carbocycles. The fourth-order valence-electron chi connectivity index (χ4n) is 2.40. The van der Waals surface area contributed by atoms with E-state index >= 15 is 0 Å². The van der Waals surface area contributed by atoms with Crippen molar-refractivity contribution >= 4 is 0 Å². The van der Waals surface area contributed by atoms with E-state index in [0.717, 1.165) is 12.8 Å². The Hall–Kier alpha value is -0.960. The fourth-order valence-corrected chi connectivity index (χ4v) is 2.40. The van der Waals surface area contributed by atoms with Gasteiger partial charge in [-0.2, -0.15) is 0 Å². The fraction of sp³-hybridized carbons (Fsp3) is 0.538. The molecule has 1 saturated heterocycles. The molecule has 1 aromatic carbocycles. The molecule has 0 saturated carbocycles. The van der Waals surface area contributed by atoms with Gasteiger partial charge in [-0.05, 0) is 36.8 Å². The van der Waals surface area contributed by atoms with Gasteiger partial charge in [-0.25, -0.2) is 8.78 Å². The highest BCUT2D eigenvalue weighted by molar-refractivity contribution is 5.24. The molecule has 1 nitrogen and oxygen atoms in total. The van der Waals surface area contributed by atoms with Gasteiger partial charge in [-0.1, -0.05) is 13.0 Å². The van der Waals surface area contributed by atoms with Gasteiger partial charge in [0.25, 0.3) is 0 Å². The summed E-state index contributed by atoms with van der Waals surface area (Å²) >= 11 is 0. The molecule has 0 bridgehead atoms. The summed E-state index contributed by atoms with van der Waals surface area (Å²) in [5.41, 5.74) is 0.231. The van der Waals surface area contributed by atoms with E-state index in [-0.39, 0.29) is 11.5 Å². The Balaban J connectivity index is 2.22. The largest absolute Gasteiger partial charge is 0.381 e. The van der Waals surface area contributed by atoms with Crippen LogP contribution in [0.3, 0.4) is 0 Å². The van der Waals surface area contributed by atoms with Crippen LogP contribution < -0.4 is 0 Å². The van der Waals surface area contributed by atoms with Gasteiger partial charge in [-0.3, -0.25) is 0 Å². The summed E-state index contributed by atoms with van der Waals surface area (Å²) in [6.07, 6.45) is 1.77. The van der Waals surface area contributed by atoms with Crippen molar-refractivity contribution in [2.24, 2.45) is 5.92 Å². The van der Waals surface area contributed by atoms with Gasteiger partial charge < -0.3 is 4.74 Å². The van der Waals surface area contributed by atoms with Gasteiger partial charge in [0, 0.05) is 18.8 Å². The molecule has 1 aromatic rings. The molecule has 16 heavy (non-hydrogen) atoms. The van der Waals surface area contributed by atoms with Crippen molar-refractivity contribution in [1.29, 1.82) is 0 Å². The molecule has 1 atom stereocenters. The van der Waals surface area contributed by atoms with Crippen LogP contribution >= 0.6 is 0 Å². The van der Waals surface area contributed by atoms with Crippen LogP contribution in [-0.2, 0) is 4.74 Å². The monoisotopic (exact) mass is 226 g/mol. The van der Waals surface area contributed by atoms with E-state index in [1.165, 1.54) is 18.2 Å². The minimum absolute atomic E-state index is 0.0786. The normalized spacial score (nSPS) is 19.7. The highest BCUT2D eigenvalue weighted by atomic mass is 19.1. The van der Waals surface area contributed by atoms with Gasteiger partial charge >= 0.3 is 0 Å². The number of hydrogen-bond acceptors (Lipinski definition) is 1. The Labute approximate surface area is 94.4 Å². The molecule has 1 aliphatic rings. The second-order valence-corrected chi connectivity index (χ2v) is 4.37. The lowest BCUT2D eigenvalue weighted by Gasteiger charge is -2.28. The summed E-state index contributed by atoms with van der Waals surface area (Å²) in [6.45, 7) is 3.30. The first kappa shape index (κ1) is 11.5. The van der Waals surface area contributed by atoms with Crippen molar-refractivity contribution in [1.82, 2.24) is 0 Å². The number of halogens is 2. The standard InChI is InChI=1S/C13H16F2O/c1-9(10-5-7-16-8-6-10)13-11(14)3-2-4-12(13)15/h2-4,9-10H,5-8H2,1H3. The molecule has 0 radical (unpaired) electrons. The summed E-state index contributed by atoms with van der Waals surface area (Å²) in [7, 11) is 0. The maximum Gasteiger partial charge on any atom is 0.129 e. The molecule has 2 rings (SSSR count). The predicted molar refractivity (Wildman–Crippen MR) is 58.3 cm³/mol. The third kappa shape index (κ3) is 2.24. The van der Waals surface area contributed by atoms with Crippen LogP contribution in [0.25, 0.3) is 0 Å². The van der Waals surface area contributed by atoms with Crippen molar-refractivity contribution < 1.29 is 13.5 Å². The third-order valence-corrected chi connectivity index (χ3v) is 3.43. The Kier molecular flexibility index (Phi) is 3.54. The number of rotatable bonds is 2.